The first-order valence-corrected chi connectivity index (χ1v) is 12.0. The third kappa shape index (κ3) is 4.17. The first-order chi connectivity index (χ1) is 16.8. The largest absolute Gasteiger partial charge is 0.378 e. The normalized spacial score (nSPS) is 17.5. The zero-order valence-corrected chi connectivity index (χ0v) is 21.1. The van der Waals surface area contributed by atoms with Gasteiger partial charge in [0.25, 0.3) is 0 Å². The average Bonchev–Trinajstić information content (AvgIpc) is 3.35. The number of anilines is 2. The van der Waals surface area contributed by atoms with E-state index in [1.54, 1.807) is 0 Å². The molecule has 3 heterocycles. The molecule has 0 aliphatic carbocycles. The highest BCUT2D eigenvalue weighted by Gasteiger charge is 2.42. The van der Waals surface area contributed by atoms with Crippen LogP contribution in [0, 0.1) is 19.7 Å². The van der Waals surface area contributed by atoms with E-state index in [0.717, 1.165) is 39.7 Å². The highest BCUT2D eigenvalue weighted by atomic mass is 32.1. The zero-order valence-electron chi connectivity index (χ0n) is 20.2. The van der Waals surface area contributed by atoms with Crippen LogP contribution >= 0.6 is 12.2 Å². The van der Waals surface area contributed by atoms with Gasteiger partial charge in [-0.15, -0.1) is 0 Å². The van der Waals surface area contributed by atoms with Gasteiger partial charge in [-0.3, -0.25) is 4.98 Å². The number of benzene rings is 2. The minimum atomic E-state index is -0.246. The fraction of sp³-hybridized carbons (Fsp3) is 0.214. The highest BCUT2D eigenvalue weighted by Crippen LogP contribution is 2.44. The second kappa shape index (κ2) is 9.15. The Bertz CT molecular complexity index is 1350. The molecule has 0 unspecified atom stereocenters. The van der Waals surface area contributed by atoms with E-state index in [0.29, 0.717) is 5.11 Å². The molecule has 1 fully saturated rings. The number of aryl methyl sites for hydroxylation is 1. The Morgan fingerprint density at radius 2 is 1.63 bits per heavy atom. The molecule has 178 valence electrons. The lowest BCUT2D eigenvalue weighted by Crippen LogP contribution is -2.29. The van der Waals surface area contributed by atoms with Gasteiger partial charge in [0.1, 0.15) is 5.82 Å². The van der Waals surface area contributed by atoms with Crippen molar-refractivity contribution in [1.82, 2.24) is 14.9 Å². The van der Waals surface area contributed by atoms with Crippen LogP contribution in [0.25, 0.3) is 5.69 Å². The molecule has 0 saturated carbocycles. The second-order valence-electron chi connectivity index (χ2n) is 9.05. The van der Waals surface area contributed by atoms with E-state index < -0.39 is 0 Å². The highest BCUT2D eigenvalue weighted by molar-refractivity contribution is 7.80. The molecule has 1 aliphatic heterocycles. The van der Waals surface area contributed by atoms with E-state index in [4.69, 9.17) is 12.2 Å². The summed E-state index contributed by atoms with van der Waals surface area (Å²) in [6.07, 6.45) is 1.81. The predicted octanol–water partition coefficient (Wildman–Crippen LogP) is 5.87. The minimum Gasteiger partial charge on any atom is -0.378 e. The maximum atomic E-state index is 13.6. The SMILES string of the molecule is Cc1cc([C@@H]2[C@@H](c3ccccn3)NC(=S)N2c2ccc(N(C)C)cc2)c(C)n1-c1ccc(F)cc1. The lowest BCUT2D eigenvalue weighted by atomic mass is 9.96. The molecule has 1 aliphatic rings. The van der Waals surface area contributed by atoms with Crippen LogP contribution in [0.2, 0.25) is 0 Å². The van der Waals surface area contributed by atoms with Gasteiger partial charge in [0, 0.05) is 48.7 Å². The molecular weight excluding hydrogens is 457 g/mol. The zero-order chi connectivity index (χ0) is 24.7. The summed E-state index contributed by atoms with van der Waals surface area (Å²) in [5.41, 5.74) is 7.30. The molecule has 1 N–H and O–H groups in total. The van der Waals surface area contributed by atoms with Gasteiger partial charge < -0.3 is 19.7 Å². The lowest BCUT2D eigenvalue weighted by Gasteiger charge is -2.28. The quantitative estimate of drug-likeness (QED) is 0.358. The van der Waals surface area contributed by atoms with Crippen molar-refractivity contribution < 1.29 is 4.39 Å². The molecule has 4 aromatic rings. The topological polar surface area (TPSA) is 36.3 Å². The van der Waals surface area contributed by atoms with E-state index in [1.165, 1.54) is 12.1 Å². The molecular formula is C28H28FN5S. The number of hydrogen-bond donors (Lipinski definition) is 1. The number of rotatable bonds is 5. The summed E-state index contributed by atoms with van der Waals surface area (Å²) in [6.45, 7) is 4.18. The molecule has 5 rings (SSSR count). The number of thiocarbonyl (C=S) groups is 1. The molecule has 35 heavy (non-hydrogen) atoms. The third-order valence-electron chi connectivity index (χ3n) is 6.62. The van der Waals surface area contributed by atoms with Gasteiger partial charge in [-0.2, -0.15) is 0 Å². The maximum Gasteiger partial charge on any atom is 0.174 e. The number of hydrogen-bond acceptors (Lipinski definition) is 3. The summed E-state index contributed by atoms with van der Waals surface area (Å²) < 4.78 is 15.8. The Morgan fingerprint density at radius 1 is 0.943 bits per heavy atom. The van der Waals surface area contributed by atoms with Crippen molar-refractivity contribution in [3.8, 4) is 5.69 Å². The van der Waals surface area contributed by atoms with Crippen LogP contribution in [0.1, 0.15) is 34.7 Å². The number of pyridine rings is 1. The van der Waals surface area contributed by atoms with Gasteiger partial charge in [-0.05, 0) is 98.4 Å². The Hall–Kier alpha value is -3.71. The smallest absolute Gasteiger partial charge is 0.174 e. The Labute approximate surface area is 210 Å². The molecule has 0 amide bonds. The number of aromatic nitrogens is 2. The molecule has 5 nitrogen and oxygen atoms in total. The number of nitrogens with zero attached hydrogens (tertiary/aromatic N) is 4. The molecule has 0 spiro atoms. The first-order valence-electron chi connectivity index (χ1n) is 11.6. The van der Waals surface area contributed by atoms with Crippen molar-refractivity contribution in [2.75, 3.05) is 23.9 Å². The Balaban J connectivity index is 1.65. The standard InChI is InChI=1S/C28H28FN5S/c1-18-17-24(19(2)33(18)22-10-8-20(29)9-11-22)27-26(25-7-5-6-16-30-25)31-28(35)34(27)23-14-12-21(13-15-23)32(3)4/h5-17,26-27H,1-4H3,(H,31,35)/t26-,27-/m1/s1. The van der Waals surface area contributed by atoms with Crippen LogP contribution in [0.4, 0.5) is 15.8 Å². The average molecular weight is 486 g/mol. The van der Waals surface area contributed by atoms with E-state index >= 15 is 0 Å². The van der Waals surface area contributed by atoms with Crippen LogP contribution in [-0.4, -0.2) is 28.8 Å². The minimum absolute atomic E-state index is 0.108. The van der Waals surface area contributed by atoms with Crippen molar-refractivity contribution >= 4 is 28.7 Å². The molecule has 1 saturated heterocycles. The predicted molar refractivity (Wildman–Crippen MR) is 144 cm³/mol. The monoisotopic (exact) mass is 485 g/mol. The van der Waals surface area contributed by atoms with E-state index in [9.17, 15) is 4.39 Å². The molecule has 7 heteroatoms. The van der Waals surface area contributed by atoms with Crippen molar-refractivity contribution in [1.29, 1.82) is 0 Å². The summed E-state index contributed by atoms with van der Waals surface area (Å²) in [5.74, 6) is -0.246. The van der Waals surface area contributed by atoms with Crippen LogP contribution < -0.4 is 15.1 Å². The van der Waals surface area contributed by atoms with Crippen molar-refractivity contribution in [2.45, 2.75) is 25.9 Å². The molecule has 2 atom stereocenters. The number of halogens is 1. The summed E-state index contributed by atoms with van der Waals surface area (Å²) in [7, 11) is 4.06. The van der Waals surface area contributed by atoms with Crippen LogP contribution in [0.3, 0.4) is 0 Å². The Kier molecular flexibility index (Phi) is 6.03. The maximum absolute atomic E-state index is 13.6. The van der Waals surface area contributed by atoms with Crippen LogP contribution in [0.5, 0.6) is 0 Å². The van der Waals surface area contributed by atoms with E-state index in [1.807, 2.05) is 50.6 Å². The first kappa shape index (κ1) is 23.1. The fourth-order valence-corrected chi connectivity index (χ4v) is 5.28. The van der Waals surface area contributed by atoms with E-state index in [2.05, 4.69) is 68.8 Å². The summed E-state index contributed by atoms with van der Waals surface area (Å²) >= 11 is 5.88. The van der Waals surface area contributed by atoms with Crippen LogP contribution in [-0.2, 0) is 0 Å². The van der Waals surface area contributed by atoms with E-state index in [-0.39, 0.29) is 17.9 Å². The summed E-state index contributed by atoms with van der Waals surface area (Å²) in [5, 5.41) is 4.20. The van der Waals surface area contributed by atoms with Gasteiger partial charge in [-0.25, -0.2) is 4.39 Å². The Morgan fingerprint density at radius 3 is 2.26 bits per heavy atom. The fourth-order valence-electron chi connectivity index (χ4n) is 4.93. The summed E-state index contributed by atoms with van der Waals surface area (Å²) in [6, 6.07) is 23.0. The molecule has 0 bridgehead atoms. The number of nitrogens with one attached hydrogen (secondary N) is 1. The van der Waals surface area contributed by atoms with Gasteiger partial charge in [0.15, 0.2) is 5.11 Å². The lowest BCUT2D eigenvalue weighted by molar-refractivity contribution is 0.565. The summed E-state index contributed by atoms with van der Waals surface area (Å²) in [4.78, 5) is 8.92. The van der Waals surface area contributed by atoms with Crippen molar-refractivity contribution in [3.05, 3.63) is 107 Å². The molecule has 2 aromatic heterocycles. The van der Waals surface area contributed by atoms with Gasteiger partial charge >= 0.3 is 0 Å². The molecule has 0 radical (unpaired) electrons. The van der Waals surface area contributed by atoms with Crippen LogP contribution in [0.15, 0.2) is 79.0 Å². The van der Waals surface area contributed by atoms with Gasteiger partial charge in [0.2, 0.25) is 0 Å². The third-order valence-corrected chi connectivity index (χ3v) is 6.93. The second-order valence-corrected chi connectivity index (χ2v) is 9.43. The van der Waals surface area contributed by atoms with Gasteiger partial charge in [0.05, 0.1) is 17.8 Å². The van der Waals surface area contributed by atoms with Gasteiger partial charge in [-0.1, -0.05) is 6.07 Å². The molecule has 2 aromatic carbocycles. The van der Waals surface area contributed by atoms with Crippen molar-refractivity contribution in [3.63, 3.8) is 0 Å². The van der Waals surface area contributed by atoms with Crippen molar-refractivity contribution in [2.24, 2.45) is 0 Å².